The average molecular weight is 697 g/mol. The highest BCUT2D eigenvalue weighted by Crippen LogP contribution is 2.54. The molecule has 2 fully saturated rings. The van der Waals surface area contributed by atoms with Crippen molar-refractivity contribution >= 4 is 47.8 Å². The lowest BCUT2D eigenvalue weighted by Crippen LogP contribution is -2.68. The number of halogens is 2. The number of carbonyl (C=O) groups is 1. The van der Waals surface area contributed by atoms with Crippen molar-refractivity contribution in [1.82, 2.24) is 4.90 Å². The van der Waals surface area contributed by atoms with Crippen LogP contribution in [-0.2, 0) is 9.22 Å². The van der Waals surface area contributed by atoms with Crippen LogP contribution in [0.2, 0.25) is 15.1 Å². The van der Waals surface area contributed by atoms with E-state index in [0.717, 1.165) is 24.0 Å². The van der Waals surface area contributed by atoms with Crippen LogP contribution in [0.5, 0.6) is 0 Å². The summed E-state index contributed by atoms with van der Waals surface area (Å²) >= 11 is 13.1. The number of allylic oxidation sites excluding steroid dienone is 1. The summed E-state index contributed by atoms with van der Waals surface area (Å²) in [6.07, 6.45) is 5.34. The molecule has 1 saturated carbocycles. The average Bonchev–Trinajstić information content (AvgIpc) is 3.91. The first-order valence-electron chi connectivity index (χ1n) is 17.2. The zero-order valence-electron chi connectivity index (χ0n) is 28.5. The Morgan fingerprint density at radius 2 is 1.48 bits per heavy atom. The normalized spacial score (nSPS) is 22.4. The van der Waals surface area contributed by atoms with E-state index in [4.69, 9.17) is 27.6 Å². The highest BCUT2D eigenvalue weighted by atomic mass is 35.5. The van der Waals surface area contributed by atoms with E-state index in [9.17, 15) is 0 Å². The summed E-state index contributed by atoms with van der Waals surface area (Å²) in [6, 6.07) is 37.5. The highest BCUT2D eigenvalue weighted by molar-refractivity contribution is 6.99. The molecule has 1 amide bonds. The van der Waals surface area contributed by atoms with Crippen LogP contribution in [0.25, 0.3) is 0 Å². The number of likely N-dealkylation sites (tertiary alicyclic amines) is 1. The summed E-state index contributed by atoms with van der Waals surface area (Å²) in [7, 11) is -2.85. The predicted octanol–water partition coefficient (Wildman–Crippen LogP) is 9.99. The molecule has 2 unspecified atom stereocenters. The van der Waals surface area contributed by atoms with E-state index in [1.54, 1.807) is 0 Å². The van der Waals surface area contributed by atoms with Crippen molar-refractivity contribution in [3.05, 3.63) is 143 Å². The molecule has 0 spiro atoms. The Bertz CT molecular complexity index is 1680. The molecule has 0 bridgehead atoms. The number of hydrogen-bond donors (Lipinski definition) is 0. The first kappa shape index (κ1) is 34.7. The van der Waals surface area contributed by atoms with Crippen LogP contribution in [-0.4, -0.2) is 31.8 Å². The number of nitrogens with zero attached hydrogens (tertiary/aromatic N) is 1. The molecule has 1 aliphatic heterocycles. The lowest BCUT2D eigenvalue weighted by Gasteiger charge is -2.53. The molecule has 6 rings (SSSR count). The standard InChI is InChI=1S/C42H47Cl2NO2Si/c1-6-26-42(5)28-37(32-14-13-15-34(44)27-32)39(31-22-24-33(43)25-23-31)45(40(42)46)38(30-20-21-30)29-47-48(41(2,3)4,35-16-9-7-10-17-35)36-18-11-8-12-19-36/h6-19,22-25,27,30,37-39H,1,20-21,26,28-29H2,2-5H3/t37-,38?,39-,42?/m1/s1. The van der Waals surface area contributed by atoms with E-state index in [-0.39, 0.29) is 28.9 Å². The molecule has 4 aromatic rings. The molecule has 0 radical (unpaired) electrons. The van der Waals surface area contributed by atoms with Crippen LogP contribution in [0.15, 0.2) is 122 Å². The smallest absolute Gasteiger partial charge is 0.261 e. The molecule has 6 heteroatoms. The topological polar surface area (TPSA) is 29.5 Å². The Hall–Kier alpha value is -3.15. The van der Waals surface area contributed by atoms with Gasteiger partial charge in [-0.25, -0.2) is 0 Å². The van der Waals surface area contributed by atoms with E-state index in [0.29, 0.717) is 35.4 Å². The van der Waals surface area contributed by atoms with Gasteiger partial charge in [-0.3, -0.25) is 4.79 Å². The molecule has 1 saturated heterocycles. The molecule has 4 atom stereocenters. The minimum Gasteiger partial charge on any atom is -0.405 e. The van der Waals surface area contributed by atoms with Gasteiger partial charge in [-0.2, -0.15) is 0 Å². The molecule has 1 aliphatic carbocycles. The SMILES string of the molecule is C=CCC1(C)C[C@H](c2cccc(Cl)c2)[C@@H](c2ccc(Cl)cc2)N(C(CO[Si](c2ccccc2)(c2ccccc2)C(C)(C)C)C2CC2)C1=O. The third-order valence-electron chi connectivity index (χ3n) is 10.6. The van der Waals surface area contributed by atoms with Crippen LogP contribution >= 0.6 is 23.2 Å². The molecule has 250 valence electrons. The Morgan fingerprint density at radius 3 is 2.00 bits per heavy atom. The fourth-order valence-corrected chi connectivity index (χ4v) is 13.0. The van der Waals surface area contributed by atoms with Crippen LogP contribution in [0.4, 0.5) is 0 Å². The monoisotopic (exact) mass is 695 g/mol. The molecule has 2 aliphatic rings. The molecule has 4 aromatic carbocycles. The van der Waals surface area contributed by atoms with E-state index in [1.165, 1.54) is 10.4 Å². The zero-order chi connectivity index (χ0) is 34.1. The molecule has 3 nitrogen and oxygen atoms in total. The fraction of sp³-hybridized carbons (Fsp3) is 0.357. The lowest BCUT2D eigenvalue weighted by atomic mass is 9.67. The van der Waals surface area contributed by atoms with Gasteiger partial charge in [0.1, 0.15) is 0 Å². The maximum Gasteiger partial charge on any atom is 0.261 e. The van der Waals surface area contributed by atoms with Gasteiger partial charge in [0.15, 0.2) is 0 Å². The first-order chi connectivity index (χ1) is 23.0. The van der Waals surface area contributed by atoms with Crippen molar-refractivity contribution in [3.8, 4) is 0 Å². The molecule has 48 heavy (non-hydrogen) atoms. The zero-order valence-corrected chi connectivity index (χ0v) is 31.1. The Kier molecular flexibility index (Phi) is 10.1. The number of benzene rings is 4. The van der Waals surface area contributed by atoms with Gasteiger partial charge in [-0.05, 0) is 82.4 Å². The molecular formula is C42H47Cl2NO2Si. The van der Waals surface area contributed by atoms with Crippen LogP contribution in [0, 0.1) is 11.3 Å². The van der Waals surface area contributed by atoms with Gasteiger partial charge in [-0.15, -0.1) is 6.58 Å². The van der Waals surface area contributed by atoms with E-state index >= 15 is 4.79 Å². The van der Waals surface area contributed by atoms with Gasteiger partial charge in [-0.1, -0.05) is 142 Å². The summed E-state index contributed by atoms with van der Waals surface area (Å²) in [5.74, 6) is 0.540. The summed E-state index contributed by atoms with van der Waals surface area (Å²) in [4.78, 5) is 17.4. The van der Waals surface area contributed by atoms with E-state index in [1.807, 2.05) is 30.3 Å². The number of rotatable bonds is 11. The maximum absolute atomic E-state index is 15.1. The van der Waals surface area contributed by atoms with Gasteiger partial charge in [0.25, 0.3) is 8.32 Å². The van der Waals surface area contributed by atoms with Crippen LogP contribution in [0.3, 0.4) is 0 Å². The second kappa shape index (κ2) is 14.0. The number of hydrogen-bond acceptors (Lipinski definition) is 2. The number of carbonyl (C=O) groups excluding carboxylic acids is 1. The lowest BCUT2D eigenvalue weighted by molar-refractivity contribution is -0.156. The van der Waals surface area contributed by atoms with Gasteiger partial charge < -0.3 is 9.33 Å². The van der Waals surface area contributed by atoms with Crippen molar-refractivity contribution < 1.29 is 9.22 Å². The van der Waals surface area contributed by atoms with Crippen molar-refractivity contribution in [2.75, 3.05) is 6.61 Å². The third kappa shape index (κ3) is 6.70. The van der Waals surface area contributed by atoms with Crippen LogP contribution < -0.4 is 10.4 Å². The fourth-order valence-electron chi connectivity index (χ4n) is 8.15. The Morgan fingerprint density at radius 1 is 0.875 bits per heavy atom. The summed E-state index contributed by atoms with van der Waals surface area (Å²) < 4.78 is 7.61. The highest BCUT2D eigenvalue weighted by Gasteiger charge is 2.55. The number of amides is 1. The predicted molar refractivity (Wildman–Crippen MR) is 203 cm³/mol. The third-order valence-corrected chi connectivity index (χ3v) is 16.1. The Balaban J connectivity index is 1.51. The first-order valence-corrected chi connectivity index (χ1v) is 19.8. The quantitative estimate of drug-likeness (QED) is 0.115. The second-order valence-electron chi connectivity index (χ2n) is 15.0. The van der Waals surface area contributed by atoms with Gasteiger partial charge in [0, 0.05) is 16.0 Å². The molecule has 1 heterocycles. The molecule has 0 aromatic heterocycles. The minimum atomic E-state index is -2.85. The van der Waals surface area contributed by atoms with Crippen LogP contribution in [0.1, 0.15) is 76.5 Å². The van der Waals surface area contributed by atoms with Gasteiger partial charge in [0.05, 0.1) is 24.1 Å². The van der Waals surface area contributed by atoms with E-state index < -0.39 is 13.7 Å². The summed E-state index contributed by atoms with van der Waals surface area (Å²) in [6.45, 7) is 13.6. The van der Waals surface area contributed by atoms with E-state index in [2.05, 4.69) is 124 Å². The van der Waals surface area contributed by atoms with Crippen molar-refractivity contribution in [2.24, 2.45) is 11.3 Å². The van der Waals surface area contributed by atoms with Gasteiger partial charge >= 0.3 is 0 Å². The number of piperidine rings is 1. The summed E-state index contributed by atoms with van der Waals surface area (Å²) in [5.41, 5.74) is 1.59. The molecular weight excluding hydrogens is 649 g/mol. The summed E-state index contributed by atoms with van der Waals surface area (Å²) in [5, 5.41) is 3.69. The largest absolute Gasteiger partial charge is 0.405 e. The minimum absolute atomic E-state index is 0.0154. The van der Waals surface area contributed by atoms with Gasteiger partial charge in [0.2, 0.25) is 5.91 Å². The molecule has 0 N–H and O–H groups in total. The van der Waals surface area contributed by atoms with Crippen molar-refractivity contribution in [2.45, 2.75) is 76.4 Å². The second-order valence-corrected chi connectivity index (χ2v) is 20.2. The van der Waals surface area contributed by atoms with Crippen molar-refractivity contribution in [3.63, 3.8) is 0 Å². The Labute approximate surface area is 298 Å². The van der Waals surface area contributed by atoms with Crippen molar-refractivity contribution in [1.29, 1.82) is 0 Å². The maximum atomic E-state index is 15.1.